The molecule has 0 saturated carbocycles. The molecule has 1 N–H and O–H groups in total. The Balaban J connectivity index is 1.81. The molecular weight excluding hydrogens is 417 g/mol. The Morgan fingerprint density at radius 3 is 2.79 bits per heavy atom. The predicted octanol–water partition coefficient (Wildman–Crippen LogP) is 5.23. The van der Waals surface area contributed by atoms with Gasteiger partial charge in [-0.2, -0.15) is 0 Å². The molecule has 0 spiro atoms. The summed E-state index contributed by atoms with van der Waals surface area (Å²) in [6.07, 6.45) is 1.81. The fourth-order valence-corrected chi connectivity index (χ4v) is 3.84. The normalized spacial score (nSPS) is 11.0. The highest BCUT2D eigenvalue weighted by molar-refractivity contribution is 7.99. The summed E-state index contributed by atoms with van der Waals surface area (Å²) in [6.45, 7) is 2.63. The first kappa shape index (κ1) is 20.7. The van der Waals surface area contributed by atoms with Crippen molar-refractivity contribution in [2.24, 2.45) is 0 Å². The van der Waals surface area contributed by atoms with Crippen molar-refractivity contribution in [3.63, 3.8) is 0 Å². The highest BCUT2D eigenvalue weighted by Crippen LogP contribution is 2.26. The third-order valence-corrected chi connectivity index (χ3v) is 5.64. The molecule has 5 nitrogen and oxygen atoms in total. The van der Waals surface area contributed by atoms with Crippen molar-refractivity contribution in [1.29, 1.82) is 0 Å². The van der Waals surface area contributed by atoms with E-state index in [1.807, 2.05) is 12.1 Å². The third-order valence-electron chi connectivity index (χ3n) is 4.10. The molecule has 1 heterocycles. The maximum absolute atomic E-state index is 12.8. The van der Waals surface area contributed by atoms with Crippen LogP contribution in [0.15, 0.2) is 52.4 Å². The van der Waals surface area contributed by atoms with E-state index in [0.29, 0.717) is 38.3 Å². The number of carbonyl (C=O) groups excluding carboxylic acids is 1. The smallest absolute Gasteiger partial charge is 0.262 e. The first-order chi connectivity index (χ1) is 13.5. The average molecular weight is 436 g/mol. The van der Waals surface area contributed by atoms with Crippen molar-refractivity contribution in [3.05, 3.63) is 62.9 Å². The second kappa shape index (κ2) is 9.45. The van der Waals surface area contributed by atoms with Gasteiger partial charge in [0.25, 0.3) is 5.56 Å². The van der Waals surface area contributed by atoms with Crippen molar-refractivity contribution < 1.29 is 4.79 Å². The number of halogens is 2. The van der Waals surface area contributed by atoms with Crippen LogP contribution >= 0.6 is 35.0 Å². The van der Waals surface area contributed by atoms with Gasteiger partial charge in [0.15, 0.2) is 5.16 Å². The van der Waals surface area contributed by atoms with Gasteiger partial charge < -0.3 is 5.32 Å². The Morgan fingerprint density at radius 1 is 1.21 bits per heavy atom. The zero-order valence-corrected chi connectivity index (χ0v) is 17.6. The standard InChI is InChI=1S/C20H19Cl2N3O2S/c1-2-3-10-25-19(27)14-6-4-5-7-16(14)24-20(25)28-12-18(26)23-17-11-13(21)8-9-15(17)22/h4-9,11H,2-3,10,12H2,1H3,(H,23,26). The van der Waals surface area contributed by atoms with E-state index in [2.05, 4.69) is 17.2 Å². The Morgan fingerprint density at radius 2 is 2.00 bits per heavy atom. The molecule has 0 aliphatic carbocycles. The van der Waals surface area contributed by atoms with Crippen LogP contribution in [0.5, 0.6) is 0 Å². The van der Waals surface area contributed by atoms with Crippen LogP contribution in [-0.4, -0.2) is 21.2 Å². The number of rotatable bonds is 7. The van der Waals surface area contributed by atoms with Gasteiger partial charge in [0, 0.05) is 11.6 Å². The number of hydrogen-bond acceptors (Lipinski definition) is 4. The minimum atomic E-state index is -0.251. The molecule has 2 aromatic carbocycles. The van der Waals surface area contributed by atoms with Crippen LogP contribution in [0.2, 0.25) is 10.0 Å². The number of nitrogens with zero attached hydrogens (tertiary/aromatic N) is 2. The van der Waals surface area contributed by atoms with E-state index in [9.17, 15) is 9.59 Å². The summed E-state index contributed by atoms with van der Waals surface area (Å²) in [5.41, 5.74) is 0.996. The van der Waals surface area contributed by atoms with Gasteiger partial charge in [-0.05, 0) is 36.8 Å². The molecule has 0 bridgehead atoms. The quantitative estimate of drug-likeness (QED) is 0.407. The van der Waals surface area contributed by atoms with Crippen LogP contribution in [0.1, 0.15) is 19.8 Å². The molecule has 1 amide bonds. The number of amides is 1. The first-order valence-corrected chi connectivity index (χ1v) is 10.6. The summed E-state index contributed by atoms with van der Waals surface area (Å²) in [7, 11) is 0. The number of aromatic nitrogens is 2. The molecule has 146 valence electrons. The van der Waals surface area contributed by atoms with Crippen LogP contribution in [0.3, 0.4) is 0 Å². The molecule has 3 rings (SSSR count). The lowest BCUT2D eigenvalue weighted by molar-refractivity contribution is -0.113. The summed E-state index contributed by atoms with van der Waals surface area (Å²) < 4.78 is 1.65. The van der Waals surface area contributed by atoms with E-state index >= 15 is 0 Å². The third kappa shape index (κ3) is 4.87. The van der Waals surface area contributed by atoms with Gasteiger partial charge in [-0.15, -0.1) is 0 Å². The zero-order chi connectivity index (χ0) is 20.1. The van der Waals surface area contributed by atoms with Gasteiger partial charge >= 0.3 is 0 Å². The predicted molar refractivity (Wildman–Crippen MR) is 117 cm³/mol. The minimum Gasteiger partial charge on any atom is -0.324 e. The second-order valence-corrected chi connectivity index (χ2v) is 7.97. The lowest BCUT2D eigenvalue weighted by Gasteiger charge is -2.13. The van der Waals surface area contributed by atoms with Crippen LogP contribution in [0, 0.1) is 0 Å². The van der Waals surface area contributed by atoms with Crippen molar-refractivity contribution >= 4 is 57.5 Å². The highest BCUT2D eigenvalue weighted by atomic mass is 35.5. The largest absolute Gasteiger partial charge is 0.324 e. The second-order valence-electron chi connectivity index (χ2n) is 6.18. The minimum absolute atomic E-state index is 0.0835. The lowest BCUT2D eigenvalue weighted by atomic mass is 10.2. The van der Waals surface area contributed by atoms with E-state index in [-0.39, 0.29) is 17.2 Å². The Hall–Kier alpha value is -2.02. The number of anilines is 1. The van der Waals surface area contributed by atoms with Crippen molar-refractivity contribution in [2.75, 3.05) is 11.1 Å². The monoisotopic (exact) mass is 435 g/mol. The molecule has 1 aromatic heterocycles. The van der Waals surface area contributed by atoms with Crippen LogP contribution in [-0.2, 0) is 11.3 Å². The number of unbranched alkanes of at least 4 members (excludes halogenated alkanes) is 1. The first-order valence-electron chi connectivity index (χ1n) is 8.87. The number of para-hydroxylation sites is 1. The summed E-state index contributed by atoms with van der Waals surface area (Å²) >= 11 is 13.3. The fraction of sp³-hybridized carbons (Fsp3) is 0.250. The number of thioether (sulfide) groups is 1. The fourth-order valence-electron chi connectivity index (χ4n) is 2.68. The molecule has 0 fully saturated rings. The Bertz CT molecular complexity index is 1070. The van der Waals surface area contributed by atoms with E-state index < -0.39 is 0 Å². The summed E-state index contributed by atoms with van der Waals surface area (Å²) in [5, 5.41) is 4.75. The molecule has 0 radical (unpaired) electrons. The van der Waals surface area contributed by atoms with Gasteiger partial charge in [0.1, 0.15) is 0 Å². The molecular formula is C20H19Cl2N3O2S. The number of fused-ring (bicyclic) bond motifs is 1. The number of nitrogens with one attached hydrogen (secondary N) is 1. The van der Waals surface area contributed by atoms with E-state index in [1.54, 1.807) is 34.9 Å². The Labute approximate surface area is 177 Å². The molecule has 0 atom stereocenters. The van der Waals surface area contributed by atoms with Gasteiger partial charge in [0.2, 0.25) is 5.91 Å². The average Bonchev–Trinajstić information content (AvgIpc) is 2.69. The number of carbonyl (C=O) groups is 1. The number of benzene rings is 2. The molecule has 0 unspecified atom stereocenters. The van der Waals surface area contributed by atoms with E-state index in [1.165, 1.54) is 11.8 Å². The SMILES string of the molecule is CCCCn1c(SCC(=O)Nc2cc(Cl)ccc2Cl)nc2ccccc2c1=O. The van der Waals surface area contributed by atoms with Crippen molar-refractivity contribution in [2.45, 2.75) is 31.5 Å². The van der Waals surface area contributed by atoms with Gasteiger partial charge in [-0.1, -0.05) is 60.4 Å². The van der Waals surface area contributed by atoms with Crippen molar-refractivity contribution in [1.82, 2.24) is 9.55 Å². The Kier molecular flexibility index (Phi) is 6.99. The summed E-state index contributed by atoms with van der Waals surface area (Å²) in [6, 6.07) is 12.1. The summed E-state index contributed by atoms with van der Waals surface area (Å²) in [4.78, 5) is 29.8. The molecule has 28 heavy (non-hydrogen) atoms. The molecule has 8 heteroatoms. The van der Waals surface area contributed by atoms with Crippen LogP contribution in [0.4, 0.5) is 5.69 Å². The molecule has 0 aliphatic heterocycles. The van der Waals surface area contributed by atoms with Crippen LogP contribution < -0.4 is 10.9 Å². The van der Waals surface area contributed by atoms with Crippen LogP contribution in [0.25, 0.3) is 10.9 Å². The molecule has 0 aliphatic rings. The van der Waals surface area contributed by atoms with E-state index in [4.69, 9.17) is 23.2 Å². The summed E-state index contributed by atoms with van der Waals surface area (Å²) in [5.74, 6) is -0.154. The molecule has 0 saturated heterocycles. The van der Waals surface area contributed by atoms with Gasteiger partial charge in [0.05, 0.1) is 27.4 Å². The van der Waals surface area contributed by atoms with Gasteiger partial charge in [-0.3, -0.25) is 14.2 Å². The lowest BCUT2D eigenvalue weighted by Crippen LogP contribution is -2.24. The van der Waals surface area contributed by atoms with Crippen molar-refractivity contribution in [3.8, 4) is 0 Å². The maximum Gasteiger partial charge on any atom is 0.262 e. The number of hydrogen-bond donors (Lipinski definition) is 1. The topological polar surface area (TPSA) is 64.0 Å². The van der Waals surface area contributed by atoms with Gasteiger partial charge in [-0.25, -0.2) is 4.98 Å². The zero-order valence-electron chi connectivity index (χ0n) is 15.2. The maximum atomic E-state index is 12.8. The van der Waals surface area contributed by atoms with E-state index in [0.717, 1.165) is 12.8 Å². The molecule has 3 aromatic rings. The highest BCUT2D eigenvalue weighted by Gasteiger charge is 2.14.